The number of aromatic hydroxyl groups is 2. The van der Waals surface area contributed by atoms with Gasteiger partial charge >= 0.3 is 0 Å². The fourth-order valence-corrected chi connectivity index (χ4v) is 1.03. The van der Waals surface area contributed by atoms with Gasteiger partial charge in [-0.2, -0.15) is 0 Å². The van der Waals surface area contributed by atoms with Gasteiger partial charge in [-0.05, 0) is 0 Å². The molecule has 2 N–H and O–H groups in total. The van der Waals surface area contributed by atoms with Crippen LogP contribution in [0.1, 0.15) is 0 Å². The zero-order chi connectivity index (χ0) is 7.72. The van der Waals surface area contributed by atoms with Gasteiger partial charge in [0.25, 0.3) is 0 Å². The Morgan fingerprint density at radius 3 is 1.80 bits per heavy atom. The van der Waals surface area contributed by atoms with E-state index in [-0.39, 0.29) is 21.5 Å². The lowest BCUT2D eigenvalue weighted by Crippen LogP contribution is -1.70. The molecule has 0 radical (unpaired) electrons. The number of phenols is 2. The highest BCUT2D eigenvalue weighted by molar-refractivity contribution is 6.37. The molecular formula is C6H4Cl2O2. The van der Waals surface area contributed by atoms with Gasteiger partial charge in [0.1, 0.15) is 5.75 Å². The van der Waals surface area contributed by atoms with E-state index < -0.39 is 0 Å². The summed E-state index contributed by atoms with van der Waals surface area (Å²) in [5.74, 6) is -0.270. The average Bonchev–Trinajstić information content (AvgIpc) is 1.82. The van der Waals surface area contributed by atoms with E-state index >= 15 is 0 Å². The van der Waals surface area contributed by atoms with Crippen LogP contribution in [0, 0.1) is 0 Å². The van der Waals surface area contributed by atoms with Crippen LogP contribution >= 0.6 is 23.2 Å². The summed E-state index contributed by atoms with van der Waals surface area (Å²) in [4.78, 5) is 0. The van der Waals surface area contributed by atoms with Gasteiger partial charge in [0.15, 0.2) is 5.75 Å². The number of phenolic OH excluding ortho intramolecular Hbond substituents is 2. The van der Waals surface area contributed by atoms with Crippen LogP contribution in [-0.4, -0.2) is 10.2 Å². The van der Waals surface area contributed by atoms with Crippen molar-refractivity contribution < 1.29 is 10.2 Å². The molecule has 0 saturated heterocycles. The summed E-state index contributed by atoms with van der Waals surface area (Å²) in [5, 5.41) is 17.9. The summed E-state index contributed by atoms with van der Waals surface area (Å²) in [7, 11) is 0. The van der Waals surface area contributed by atoms with Crippen LogP contribution in [0.25, 0.3) is 0 Å². The summed E-state index contributed by atoms with van der Waals surface area (Å²) < 4.78 is 0. The van der Waals surface area contributed by atoms with Crippen molar-refractivity contribution in [2.75, 3.05) is 0 Å². The summed E-state index contributed by atoms with van der Waals surface area (Å²) in [6.07, 6.45) is 0. The van der Waals surface area contributed by atoms with Crippen molar-refractivity contribution in [1.82, 2.24) is 0 Å². The lowest BCUT2D eigenvalue weighted by Gasteiger charge is -1.98. The summed E-state index contributed by atoms with van der Waals surface area (Å²) in [5.41, 5.74) is 0. The summed E-state index contributed by atoms with van der Waals surface area (Å²) in [6, 6.07) is 2.42. The second-order valence-electron chi connectivity index (χ2n) is 1.76. The van der Waals surface area contributed by atoms with Gasteiger partial charge < -0.3 is 10.2 Å². The molecule has 0 saturated carbocycles. The monoisotopic (exact) mass is 178 g/mol. The van der Waals surface area contributed by atoms with E-state index in [9.17, 15) is 0 Å². The van der Waals surface area contributed by atoms with Gasteiger partial charge in [-0.15, -0.1) is 0 Å². The number of hydrogen-bond donors (Lipinski definition) is 2. The lowest BCUT2D eigenvalue weighted by atomic mass is 10.3. The first-order valence-corrected chi connectivity index (χ1v) is 3.24. The van der Waals surface area contributed by atoms with Crippen molar-refractivity contribution in [3.8, 4) is 11.5 Å². The molecule has 1 aromatic carbocycles. The van der Waals surface area contributed by atoms with E-state index in [0.717, 1.165) is 0 Å². The van der Waals surface area contributed by atoms with Gasteiger partial charge in [-0.25, -0.2) is 0 Å². The van der Waals surface area contributed by atoms with E-state index in [1.165, 1.54) is 12.1 Å². The highest BCUT2D eigenvalue weighted by Crippen LogP contribution is 2.34. The second kappa shape index (κ2) is 2.56. The van der Waals surface area contributed by atoms with Crippen molar-refractivity contribution in [3.63, 3.8) is 0 Å². The Morgan fingerprint density at radius 1 is 1.00 bits per heavy atom. The lowest BCUT2D eigenvalue weighted by molar-refractivity contribution is 0.460. The van der Waals surface area contributed by atoms with E-state index in [1.807, 2.05) is 0 Å². The molecule has 54 valence electrons. The van der Waals surface area contributed by atoms with Crippen molar-refractivity contribution in [2.45, 2.75) is 0 Å². The summed E-state index contributed by atoms with van der Waals surface area (Å²) >= 11 is 10.8. The smallest absolute Gasteiger partial charge is 0.153 e. The Kier molecular flexibility index (Phi) is 1.92. The van der Waals surface area contributed by atoms with Gasteiger partial charge in [-0.1, -0.05) is 23.2 Å². The topological polar surface area (TPSA) is 40.5 Å². The Labute approximate surface area is 67.6 Å². The van der Waals surface area contributed by atoms with Crippen LogP contribution < -0.4 is 0 Å². The van der Waals surface area contributed by atoms with E-state index in [4.69, 9.17) is 33.4 Å². The predicted molar refractivity (Wildman–Crippen MR) is 39.8 cm³/mol. The first-order valence-electron chi connectivity index (χ1n) is 2.48. The van der Waals surface area contributed by atoms with Crippen LogP contribution in [0.15, 0.2) is 12.1 Å². The molecule has 0 bridgehead atoms. The average molecular weight is 179 g/mol. The van der Waals surface area contributed by atoms with Crippen molar-refractivity contribution in [3.05, 3.63) is 22.2 Å². The predicted octanol–water partition coefficient (Wildman–Crippen LogP) is 2.40. The van der Waals surface area contributed by atoms with Crippen molar-refractivity contribution in [1.29, 1.82) is 0 Å². The number of hydrogen-bond acceptors (Lipinski definition) is 2. The third-order valence-corrected chi connectivity index (χ3v) is 1.58. The Balaban J connectivity index is 3.31. The minimum Gasteiger partial charge on any atom is -0.508 e. The Bertz CT molecular complexity index is 237. The van der Waals surface area contributed by atoms with Gasteiger partial charge in [0.05, 0.1) is 10.0 Å². The maximum absolute atomic E-state index is 8.96. The second-order valence-corrected chi connectivity index (χ2v) is 2.57. The van der Waals surface area contributed by atoms with E-state index in [1.54, 1.807) is 0 Å². The quantitative estimate of drug-likeness (QED) is 0.600. The van der Waals surface area contributed by atoms with Crippen LogP contribution in [0.3, 0.4) is 0 Å². The third-order valence-electron chi connectivity index (χ3n) is 1.00. The molecule has 0 atom stereocenters. The standard InChI is InChI=1S/C6H4Cl2O2/c7-4-1-3(9)2-5(8)6(4)10/h1-2,9-10H. The van der Waals surface area contributed by atoms with Crippen molar-refractivity contribution >= 4 is 23.2 Å². The molecule has 1 aromatic rings. The Hall–Kier alpha value is -0.600. The number of halogens is 2. The SMILES string of the molecule is Oc1cc(Cl)c(O)c(Cl)c1. The maximum Gasteiger partial charge on any atom is 0.153 e. The van der Waals surface area contributed by atoms with Crippen LogP contribution in [0.2, 0.25) is 10.0 Å². The number of rotatable bonds is 0. The molecule has 0 aliphatic rings. The number of benzene rings is 1. The largest absolute Gasteiger partial charge is 0.508 e. The fraction of sp³-hybridized carbons (Fsp3) is 0. The molecule has 4 heteroatoms. The zero-order valence-electron chi connectivity index (χ0n) is 4.81. The van der Waals surface area contributed by atoms with E-state index in [2.05, 4.69) is 0 Å². The highest BCUT2D eigenvalue weighted by atomic mass is 35.5. The molecule has 0 aliphatic carbocycles. The first kappa shape index (κ1) is 7.51. The molecule has 0 aliphatic heterocycles. The molecule has 0 heterocycles. The molecular weight excluding hydrogens is 175 g/mol. The molecule has 0 aromatic heterocycles. The first-order chi connectivity index (χ1) is 4.61. The fourth-order valence-electron chi connectivity index (χ4n) is 0.552. The van der Waals surface area contributed by atoms with Crippen LogP contribution in [-0.2, 0) is 0 Å². The van der Waals surface area contributed by atoms with Gasteiger partial charge in [0.2, 0.25) is 0 Å². The van der Waals surface area contributed by atoms with Crippen molar-refractivity contribution in [2.24, 2.45) is 0 Å². The molecule has 0 spiro atoms. The minimum absolute atomic E-state index is 0.0463. The van der Waals surface area contributed by atoms with Gasteiger partial charge in [0, 0.05) is 12.1 Å². The normalized spacial score (nSPS) is 9.80. The van der Waals surface area contributed by atoms with E-state index in [0.29, 0.717) is 0 Å². The van der Waals surface area contributed by atoms with Gasteiger partial charge in [-0.3, -0.25) is 0 Å². The molecule has 0 unspecified atom stereocenters. The summed E-state index contributed by atoms with van der Waals surface area (Å²) in [6.45, 7) is 0. The minimum atomic E-state index is -0.207. The molecule has 0 amide bonds. The molecule has 0 fully saturated rings. The maximum atomic E-state index is 8.96. The Morgan fingerprint density at radius 2 is 1.40 bits per heavy atom. The molecule has 1 rings (SSSR count). The third kappa shape index (κ3) is 1.28. The van der Waals surface area contributed by atoms with Crippen LogP contribution in [0.5, 0.6) is 11.5 Å². The highest BCUT2D eigenvalue weighted by Gasteiger charge is 2.04. The molecule has 2 nitrogen and oxygen atoms in total. The van der Waals surface area contributed by atoms with Crippen LogP contribution in [0.4, 0.5) is 0 Å². The molecule has 10 heavy (non-hydrogen) atoms. The zero-order valence-corrected chi connectivity index (χ0v) is 6.32.